The summed E-state index contributed by atoms with van der Waals surface area (Å²) < 4.78 is 2.84. The van der Waals surface area contributed by atoms with E-state index in [-0.39, 0.29) is 0 Å². The number of allylic oxidation sites excluding steroid dienone is 1. The molecule has 1 heteroatoms. The van der Waals surface area contributed by atoms with E-state index in [2.05, 4.69) is 56.3 Å². The average molecular weight is 264 g/mol. The predicted molar refractivity (Wildman–Crippen MR) is 86.1 cm³/mol. The first-order valence-corrected chi connectivity index (χ1v) is 7.73. The van der Waals surface area contributed by atoms with Crippen LogP contribution in [0.15, 0.2) is 36.4 Å². The molecule has 4 rings (SSSR count). The van der Waals surface area contributed by atoms with Gasteiger partial charge in [0.15, 0.2) is 0 Å². The van der Waals surface area contributed by atoms with Gasteiger partial charge in [-0.15, -0.1) is 11.3 Å². The Labute approximate surface area is 117 Å². The van der Waals surface area contributed by atoms with E-state index in [1.807, 2.05) is 11.3 Å². The van der Waals surface area contributed by atoms with E-state index in [1.54, 1.807) is 5.56 Å². The third-order valence-electron chi connectivity index (χ3n) is 4.18. The van der Waals surface area contributed by atoms with Gasteiger partial charge in [-0.2, -0.15) is 0 Å². The minimum atomic E-state index is 0.594. The van der Waals surface area contributed by atoms with Crippen LogP contribution in [0.25, 0.3) is 26.2 Å². The van der Waals surface area contributed by atoms with Gasteiger partial charge in [-0.3, -0.25) is 0 Å². The maximum absolute atomic E-state index is 2.36. The third-order valence-corrected chi connectivity index (χ3v) is 5.32. The van der Waals surface area contributed by atoms with Crippen molar-refractivity contribution in [1.29, 1.82) is 0 Å². The standard InChI is InChI=1S/C18H16S/c1-3-12-5-6-13-7-9-16-18(17(12)13)14-10-11(2)4-8-15(14)19-16/h4-10,12H,3H2,1-2H3. The van der Waals surface area contributed by atoms with Gasteiger partial charge in [0.2, 0.25) is 0 Å². The van der Waals surface area contributed by atoms with Gasteiger partial charge < -0.3 is 0 Å². The van der Waals surface area contributed by atoms with E-state index >= 15 is 0 Å². The molecule has 94 valence electrons. The molecule has 1 atom stereocenters. The Hall–Kier alpha value is -1.60. The molecule has 0 nitrogen and oxygen atoms in total. The molecule has 0 aliphatic heterocycles. The second-order valence-electron chi connectivity index (χ2n) is 5.42. The maximum atomic E-state index is 2.36. The molecule has 1 aliphatic carbocycles. The van der Waals surface area contributed by atoms with Crippen LogP contribution >= 0.6 is 11.3 Å². The summed E-state index contributed by atoms with van der Waals surface area (Å²) in [7, 11) is 0. The van der Waals surface area contributed by atoms with Gasteiger partial charge in [-0.1, -0.05) is 36.8 Å². The van der Waals surface area contributed by atoms with Crippen LogP contribution in [0.4, 0.5) is 0 Å². The fraction of sp³-hybridized carbons (Fsp3) is 0.222. The SMILES string of the molecule is CCC1C=Cc2ccc3sc4ccc(C)cc4c3c21. The topological polar surface area (TPSA) is 0 Å². The Bertz CT molecular complexity index is 820. The summed E-state index contributed by atoms with van der Waals surface area (Å²) in [5.41, 5.74) is 4.32. The molecule has 0 fully saturated rings. The highest BCUT2D eigenvalue weighted by Crippen LogP contribution is 2.44. The van der Waals surface area contributed by atoms with E-state index < -0.39 is 0 Å². The molecule has 19 heavy (non-hydrogen) atoms. The first kappa shape index (κ1) is 11.2. The summed E-state index contributed by atoms with van der Waals surface area (Å²) in [5, 5.41) is 2.94. The number of aryl methyl sites for hydroxylation is 1. The second kappa shape index (κ2) is 3.94. The quantitative estimate of drug-likeness (QED) is 0.514. The first-order chi connectivity index (χ1) is 9.28. The molecule has 0 bridgehead atoms. The van der Waals surface area contributed by atoms with Gasteiger partial charge >= 0.3 is 0 Å². The van der Waals surface area contributed by atoms with Crippen molar-refractivity contribution < 1.29 is 0 Å². The van der Waals surface area contributed by atoms with Crippen LogP contribution in [-0.2, 0) is 0 Å². The molecule has 0 saturated carbocycles. The molecule has 0 N–H and O–H groups in total. The Morgan fingerprint density at radius 3 is 2.79 bits per heavy atom. The number of hydrogen-bond acceptors (Lipinski definition) is 1. The van der Waals surface area contributed by atoms with Crippen LogP contribution in [0.3, 0.4) is 0 Å². The number of benzene rings is 2. The zero-order valence-electron chi connectivity index (χ0n) is 11.2. The molecule has 2 aromatic carbocycles. The molecule has 0 spiro atoms. The summed E-state index contributed by atoms with van der Waals surface area (Å²) in [6.07, 6.45) is 5.84. The van der Waals surface area contributed by atoms with Gasteiger partial charge in [0.25, 0.3) is 0 Å². The van der Waals surface area contributed by atoms with E-state index in [0.29, 0.717) is 5.92 Å². The third kappa shape index (κ3) is 1.51. The molecule has 1 heterocycles. The molecular formula is C18H16S. The summed E-state index contributed by atoms with van der Waals surface area (Å²) >= 11 is 1.92. The minimum absolute atomic E-state index is 0.594. The summed E-state index contributed by atoms with van der Waals surface area (Å²) in [5.74, 6) is 0.594. The molecule has 0 radical (unpaired) electrons. The molecular weight excluding hydrogens is 248 g/mol. The van der Waals surface area contributed by atoms with Crippen LogP contribution < -0.4 is 0 Å². The number of rotatable bonds is 1. The predicted octanol–water partition coefficient (Wildman–Crippen LogP) is 5.88. The van der Waals surface area contributed by atoms with E-state index in [0.717, 1.165) is 0 Å². The smallest absolute Gasteiger partial charge is 0.0358 e. The molecule has 3 aromatic rings. The summed E-state index contributed by atoms with van der Waals surface area (Å²) in [4.78, 5) is 0. The summed E-state index contributed by atoms with van der Waals surface area (Å²) in [6, 6.07) is 11.4. The van der Waals surface area contributed by atoms with Crippen molar-refractivity contribution in [3.63, 3.8) is 0 Å². The Morgan fingerprint density at radius 1 is 1.11 bits per heavy atom. The molecule has 1 aliphatic rings. The van der Waals surface area contributed by atoms with Crippen molar-refractivity contribution in [3.8, 4) is 0 Å². The van der Waals surface area contributed by atoms with Crippen molar-refractivity contribution in [2.24, 2.45) is 0 Å². The van der Waals surface area contributed by atoms with Gasteiger partial charge in [0.05, 0.1) is 0 Å². The van der Waals surface area contributed by atoms with Crippen LogP contribution in [0.2, 0.25) is 0 Å². The van der Waals surface area contributed by atoms with Crippen LogP contribution in [-0.4, -0.2) is 0 Å². The molecule has 0 amide bonds. The average Bonchev–Trinajstić information content (AvgIpc) is 2.98. The van der Waals surface area contributed by atoms with E-state index in [1.165, 1.54) is 37.7 Å². The van der Waals surface area contributed by atoms with Gasteiger partial charge in [0.1, 0.15) is 0 Å². The highest BCUT2D eigenvalue weighted by atomic mass is 32.1. The zero-order chi connectivity index (χ0) is 13.0. The van der Waals surface area contributed by atoms with Crippen molar-refractivity contribution in [2.45, 2.75) is 26.2 Å². The van der Waals surface area contributed by atoms with Crippen LogP contribution in [0.5, 0.6) is 0 Å². The molecule has 1 unspecified atom stereocenters. The Balaban J connectivity index is 2.19. The van der Waals surface area contributed by atoms with Crippen molar-refractivity contribution in [1.82, 2.24) is 0 Å². The highest BCUT2D eigenvalue weighted by molar-refractivity contribution is 7.25. The largest absolute Gasteiger partial charge is 0.135 e. The van der Waals surface area contributed by atoms with Crippen molar-refractivity contribution >= 4 is 37.6 Å². The lowest BCUT2D eigenvalue weighted by Crippen LogP contribution is -1.91. The lowest BCUT2D eigenvalue weighted by molar-refractivity contribution is 0.826. The number of fused-ring (bicyclic) bond motifs is 5. The fourth-order valence-corrected chi connectivity index (χ4v) is 4.33. The Kier molecular flexibility index (Phi) is 2.33. The van der Waals surface area contributed by atoms with E-state index in [4.69, 9.17) is 0 Å². The van der Waals surface area contributed by atoms with Crippen LogP contribution in [0.1, 0.15) is 36.0 Å². The minimum Gasteiger partial charge on any atom is -0.135 e. The maximum Gasteiger partial charge on any atom is 0.0358 e. The lowest BCUT2D eigenvalue weighted by atomic mass is 9.93. The fourth-order valence-electron chi connectivity index (χ4n) is 3.23. The van der Waals surface area contributed by atoms with Crippen LogP contribution in [0, 0.1) is 6.92 Å². The number of thiophene rings is 1. The Morgan fingerprint density at radius 2 is 1.95 bits per heavy atom. The highest BCUT2D eigenvalue weighted by Gasteiger charge is 2.21. The molecule has 1 aromatic heterocycles. The van der Waals surface area contributed by atoms with Gasteiger partial charge in [0, 0.05) is 26.1 Å². The van der Waals surface area contributed by atoms with Crippen molar-refractivity contribution in [2.75, 3.05) is 0 Å². The van der Waals surface area contributed by atoms with Gasteiger partial charge in [-0.25, -0.2) is 0 Å². The normalized spacial score (nSPS) is 17.5. The second-order valence-corrected chi connectivity index (χ2v) is 6.50. The van der Waals surface area contributed by atoms with E-state index in [9.17, 15) is 0 Å². The van der Waals surface area contributed by atoms with Gasteiger partial charge in [-0.05, 0) is 42.7 Å². The lowest BCUT2D eigenvalue weighted by Gasteiger charge is -2.10. The first-order valence-electron chi connectivity index (χ1n) is 6.92. The number of hydrogen-bond donors (Lipinski definition) is 0. The van der Waals surface area contributed by atoms with Crippen molar-refractivity contribution in [3.05, 3.63) is 53.1 Å². The summed E-state index contributed by atoms with van der Waals surface area (Å²) in [6.45, 7) is 4.46. The zero-order valence-corrected chi connectivity index (χ0v) is 12.1. The monoisotopic (exact) mass is 264 g/mol. The molecule has 0 saturated heterocycles.